The predicted molar refractivity (Wildman–Crippen MR) is 81.6 cm³/mol. The van der Waals surface area contributed by atoms with Gasteiger partial charge in [0.1, 0.15) is 0 Å². The van der Waals surface area contributed by atoms with Crippen molar-refractivity contribution < 1.29 is 17.9 Å². The second-order valence-electron chi connectivity index (χ2n) is 4.51. The molecule has 0 saturated carbocycles. The zero-order valence-electron chi connectivity index (χ0n) is 12.6. The number of sulfonamides is 1. The van der Waals surface area contributed by atoms with Gasteiger partial charge in [0.2, 0.25) is 15.9 Å². The van der Waals surface area contributed by atoms with Crippen molar-refractivity contribution >= 4 is 21.6 Å². The summed E-state index contributed by atoms with van der Waals surface area (Å²) in [6.07, 6.45) is 0.104. The predicted octanol–water partition coefficient (Wildman–Crippen LogP) is 1.20. The number of hydrogen-bond donors (Lipinski definition) is 1. The molecule has 0 saturated heterocycles. The van der Waals surface area contributed by atoms with Crippen molar-refractivity contribution in [1.82, 2.24) is 4.31 Å². The third-order valence-electron chi connectivity index (χ3n) is 2.83. The molecule has 1 rings (SSSR count). The van der Waals surface area contributed by atoms with E-state index in [0.717, 1.165) is 0 Å². The standard InChI is InChI=1S/C14H19N3O4S/c1-12(18)16-13-4-6-14(7-5-13)22(19,20)17(9-3-8-15)10-11-21-2/h4-7H,3,9-11H2,1-2H3,(H,16,18). The Morgan fingerprint density at radius 3 is 2.45 bits per heavy atom. The van der Waals surface area contributed by atoms with Crippen molar-refractivity contribution in [1.29, 1.82) is 5.26 Å². The zero-order chi connectivity index (χ0) is 16.6. The molecule has 1 amide bonds. The van der Waals surface area contributed by atoms with Crippen LogP contribution in [0.5, 0.6) is 0 Å². The van der Waals surface area contributed by atoms with Gasteiger partial charge in [-0.2, -0.15) is 9.57 Å². The highest BCUT2D eigenvalue weighted by molar-refractivity contribution is 7.89. The number of amides is 1. The summed E-state index contributed by atoms with van der Waals surface area (Å²) in [7, 11) is -2.22. The normalized spacial score (nSPS) is 11.2. The van der Waals surface area contributed by atoms with Gasteiger partial charge in [-0.1, -0.05) is 0 Å². The van der Waals surface area contributed by atoms with Gasteiger partial charge in [0, 0.05) is 39.2 Å². The summed E-state index contributed by atoms with van der Waals surface area (Å²) < 4.78 is 31.2. The summed E-state index contributed by atoms with van der Waals surface area (Å²) in [5.74, 6) is -0.230. The number of carbonyl (C=O) groups is 1. The molecule has 7 nitrogen and oxygen atoms in total. The number of anilines is 1. The Labute approximate surface area is 130 Å². The molecule has 0 fully saturated rings. The second kappa shape index (κ2) is 8.48. The smallest absolute Gasteiger partial charge is 0.243 e. The fourth-order valence-electron chi connectivity index (χ4n) is 1.78. The highest BCUT2D eigenvalue weighted by atomic mass is 32.2. The molecular weight excluding hydrogens is 306 g/mol. The van der Waals surface area contributed by atoms with Gasteiger partial charge in [-0.25, -0.2) is 8.42 Å². The molecule has 0 spiro atoms. The minimum absolute atomic E-state index is 0.104. The first-order valence-electron chi connectivity index (χ1n) is 6.65. The van der Waals surface area contributed by atoms with Crippen LogP contribution in [0.25, 0.3) is 0 Å². The minimum atomic E-state index is -3.70. The molecule has 0 bridgehead atoms. The van der Waals surface area contributed by atoms with Gasteiger partial charge in [-0.05, 0) is 24.3 Å². The number of hydrogen-bond acceptors (Lipinski definition) is 5. The maximum atomic E-state index is 12.6. The highest BCUT2D eigenvalue weighted by Crippen LogP contribution is 2.18. The van der Waals surface area contributed by atoms with Crippen molar-refractivity contribution in [3.8, 4) is 6.07 Å². The summed E-state index contributed by atoms with van der Waals surface area (Å²) in [5, 5.41) is 11.2. The first-order valence-corrected chi connectivity index (χ1v) is 8.09. The average molecular weight is 325 g/mol. The van der Waals surface area contributed by atoms with Crippen LogP contribution in [0, 0.1) is 11.3 Å². The van der Waals surface area contributed by atoms with E-state index in [9.17, 15) is 13.2 Å². The number of methoxy groups -OCH3 is 1. The fourth-order valence-corrected chi connectivity index (χ4v) is 3.21. The number of rotatable bonds is 8. The van der Waals surface area contributed by atoms with E-state index < -0.39 is 10.0 Å². The lowest BCUT2D eigenvalue weighted by Crippen LogP contribution is -2.34. The van der Waals surface area contributed by atoms with Crippen molar-refractivity contribution in [2.45, 2.75) is 18.2 Å². The van der Waals surface area contributed by atoms with E-state index in [2.05, 4.69) is 5.32 Å². The van der Waals surface area contributed by atoms with E-state index in [-0.39, 0.29) is 36.9 Å². The number of ether oxygens (including phenoxy) is 1. The van der Waals surface area contributed by atoms with Gasteiger partial charge in [0.25, 0.3) is 0 Å². The number of carbonyl (C=O) groups excluding carboxylic acids is 1. The van der Waals surface area contributed by atoms with Crippen LogP contribution < -0.4 is 5.32 Å². The SMILES string of the molecule is COCCN(CCC#N)S(=O)(=O)c1ccc(NC(C)=O)cc1. The maximum Gasteiger partial charge on any atom is 0.243 e. The molecule has 1 aromatic carbocycles. The molecule has 1 aromatic rings. The molecule has 0 aromatic heterocycles. The van der Waals surface area contributed by atoms with Gasteiger partial charge in [0.15, 0.2) is 0 Å². The Hall–Kier alpha value is -1.95. The third-order valence-corrected chi connectivity index (χ3v) is 4.74. The summed E-state index contributed by atoms with van der Waals surface area (Å²) in [6, 6.07) is 7.82. The van der Waals surface area contributed by atoms with Crippen LogP contribution in [0.2, 0.25) is 0 Å². The first kappa shape index (κ1) is 18.1. The van der Waals surface area contributed by atoms with E-state index in [1.807, 2.05) is 6.07 Å². The molecule has 0 unspecified atom stereocenters. The summed E-state index contributed by atoms with van der Waals surface area (Å²) in [6.45, 7) is 1.90. The molecular formula is C14H19N3O4S. The van der Waals surface area contributed by atoms with Gasteiger partial charge in [-0.3, -0.25) is 4.79 Å². The molecule has 0 radical (unpaired) electrons. The van der Waals surface area contributed by atoms with Crippen LogP contribution in [0.3, 0.4) is 0 Å². The van der Waals surface area contributed by atoms with Gasteiger partial charge >= 0.3 is 0 Å². The lowest BCUT2D eigenvalue weighted by atomic mass is 10.3. The Morgan fingerprint density at radius 1 is 1.32 bits per heavy atom. The van der Waals surface area contributed by atoms with Gasteiger partial charge in [-0.15, -0.1) is 0 Å². The third kappa shape index (κ3) is 5.11. The Morgan fingerprint density at radius 2 is 1.95 bits per heavy atom. The molecule has 0 atom stereocenters. The number of nitriles is 1. The van der Waals surface area contributed by atoms with Gasteiger partial charge < -0.3 is 10.1 Å². The maximum absolute atomic E-state index is 12.6. The number of benzene rings is 1. The van der Waals surface area contributed by atoms with E-state index in [1.165, 1.54) is 42.6 Å². The largest absolute Gasteiger partial charge is 0.383 e. The first-order chi connectivity index (χ1) is 10.4. The number of nitrogens with one attached hydrogen (secondary N) is 1. The topological polar surface area (TPSA) is 99.5 Å². The summed E-state index contributed by atoms with van der Waals surface area (Å²) in [5.41, 5.74) is 0.520. The van der Waals surface area contributed by atoms with Crippen LogP contribution in [0.1, 0.15) is 13.3 Å². The molecule has 1 N–H and O–H groups in total. The highest BCUT2D eigenvalue weighted by Gasteiger charge is 2.23. The lowest BCUT2D eigenvalue weighted by Gasteiger charge is -2.21. The molecule has 8 heteroatoms. The van der Waals surface area contributed by atoms with Crippen LogP contribution in [-0.2, 0) is 19.6 Å². The van der Waals surface area contributed by atoms with Crippen molar-refractivity contribution in [3.05, 3.63) is 24.3 Å². The molecule has 120 valence electrons. The second-order valence-corrected chi connectivity index (χ2v) is 6.45. The Bertz CT molecular complexity index is 635. The van der Waals surface area contributed by atoms with Crippen LogP contribution >= 0.6 is 0 Å². The lowest BCUT2D eigenvalue weighted by molar-refractivity contribution is -0.114. The van der Waals surface area contributed by atoms with Crippen molar-refractivity contribution in [2.24, 2.45) is 0 Å². The van der Waals surface area contributed by atoms with Crippen LogP contribution in [0.4, 0.5) is 5.69 Å². The molecule has 0 heterocycles. The monoisotopic (exact) mass is 325 g/mol. The molecule has 22 heavy (non-hydrogen) atoms. The Kier molecular flexibility index (Phi) is 6.98. The fraction of sp³-hybridized carbons (Fsp3) is 0.429. The average Bonchev–Trinajstić information content (AvgIpc) is 2.47. The summed E-state index contributed by atoms with van der Waals surface area (Å²) >= 11 is 0. The number of nitrogens with zero attached hydrogens (tertiary/aromatic N) is 2. The van der Waals surface area contributed by atoms with E-state index >= 15 is 0 Å². The molecule has 0 aliphatic rings. The van der Waals surface area contributed by atoms with E-state index in [1.54, 1.807) is 0 Å². The molecule has 0 aliphatic heterocycles. The Balaban J connectivity index is 2.97. The van der Waals surface area contributed by atoms with Gasteiger partial charge in [0.05, 0.1) is 17.6 Å². The van der Waals surface area contributed by atoms with Crippen molar-refractivity contribution in [2.75, 3.05) is 32.1 Å². The molecule has 0 aliphatic carbocycles. The van der Waals surface area contributed by atoms with Crippen LogP contribution in [-0.4, -0.2) is 45.4 Å². The van der Waals surface area contributed by atoms with E-state index in [0.29, 0.717) is 5.69 Å². The van der Waals surface area contributed by atoms with Crippen molar-refractivity contribution in [3.63, 3.8) is 0 Å². The zero-order valence-corrected chi connectivity index (χ0v) is 13.4. The minimum Gasteiger partial charge on any atom is -0.383 e. The van der Waals surface area contributed by atoms with E-state index in [4.69, 9.17) is 10.00 Å². The summed E-state index contributed by atoms with van der Waals surface area (Å²) in [4.78, 5) is 11.1. The quantitative estimate of drug-likeness (QED) is 0.774. The van der Waals surface area contributed by atoms with Crippen LogP contribution in [0.15, 0.2) is 29.2 Å².